The molecule has 32 heavy (non-hydrogen) atoms. The molecule has 0 bridgehead atoms. The topological polar surface area (TPSA) is 12.9 Å². The quantitative estimate of drug-likeness (QED) is 0.169. The van der Waals surface area contributed by atoms with Crippen LogP contribution in [-0.2, 0) is 16.5 Å². The second kappa shape index (κ2) is 12.7. The molecule has 0 N–H and O–H groups in total. The van der Waals surface area contributed by atoms with Crippen molar-refractivity contribution in [3.8, 4) is 22.5 Å². The Labute approximate surface area is 202 Å². The van der Waals surface area contributed by atoms with Crippen LogP contribution in [0.1, 0.15) is 0 Å². The van der Waals surface area contributed by atoms with Gasteiger partial charge in [0.2, 0.25) is 0 Å². The van der Waals surface area contributed by atoms with E-state index in [1.165, 1.54) is 10.6 Å². The van der Waals surface area contributed by atoms with Crippen molar-refractivity contribution in [2.45, 2.75) is 0 Å². The summed E-state index contributed by atoms with van der Waals surface area (Å²) < 4.78 is 0. The summed E-state index contributed by atoms with van der Waals surface area (Å²) in [6, 6.07) is 49.3. The van der Waals surface area contributed by atoms with Crippen molar-refractivity contribution in [1.82, 2.24) is 4.98 Å². The van der Waals surface area contributed by atoms with E-state index in [1.54, 1.807) is 0 Å². The summed E-state index contributed by atoms with van der Waals surface area (Å²) in [6.45, 7) is 0. The fourth-order valence-corrected chi connectivity index (χ4v) is 4.10. The standard InChI is InChI=1S/C17H11N.C12H11P.Ni/c1-3-8-14(9-4-1)16-12-7-13-17(18-16)15-10-5-2-6-11-15;1-3-7-11(8-4-1)13-12-9-5-2-6-10-12;/h1-8,10,12-13H;1-10,13H;/q-2;;+2. The fraction of sp³-hybridized carbons (Fsp3) is 0. The molecule has 0 radical (unpaired) electrons. The van der Waals surface area contributed by atoms with Gasteiger partial charge in [0.1, 0.15) is 0 Å². The van der Waals surface area contributed by atoms with E-state index < -0.39 is 0 Å². The largest absolute Gasteiger partial charge is 2.00 e. The number of hydrogen-bond acceptors (Lipinski definition) is 1. The number of rotatable bonds is 4. The molecule has 1 heterocycles. The molecule has 0 amide bonds. The predicted molar refractivity (Wildman–Crippen MR) is 133 cm³/mol. The third-order valence-electron chi connectivity index (χ3n) is 4.56. The van der Waals surface area contributed by atoms with Gasteiger partial charge in [0.25, 0.3) is 0 Å². The second-order valence-electron chi connectivity index (χ2n) is 6.82. The molecule has 158 valence electrons. The van der Waals surface area contributed by atoms with E-state index in [-0.39, 0.29) is 16.5 Å². The van der Waals surface area contributed by atoms with E-state index in [0.717, 1.165) is 31.1 Å². The van der Waals surface area contributed by atoms with Crippen molar-refractivity contribution in [2.75, 3.05) is 0 Å². The summed E-state index contributed by atoms with van der Waals surface area (Å²) >= 11 is 0. The Bertz CT molecular complexity index is 1090. The minimum Gasteiger partial charge on any atom is -0.345 e. The maximum atomic E-state index is 4.65. The van der Waals surface area contributed by atoms with E-state index in [4.69, 9.17) is 0 Å². The molecule has 0 aliphatic carbocycles. The molecule has 0 spiro atoms. The summed E-state index contributed by atoms with van der Waals surface area (Å²) in [5.74, 6) is 0. The molecule has 5 rings (SSSR count). The Morgan fingerprint density at radius 3 is 1.31 bits per heavy atom. The van der Waals surface area contributed by atoms with Crippen molar-refractivity contribution in [3.63, 3.8) is 0 Å². The van der Waals surface area contributed by atoms with Gasteiger partial charge in [0, 0.05) is 0 Å². The van der Waals surface area contributed by atoms with Gasteiger partial charge in [-0.1, -0.05) is 87.4 Å². The zero-order valence-electron chi connectivity index (χ0n) is 17.4. The van der Waals surface area contributed by atoms with Crippen LogP contribution >= 0.6 is 8.58 Å². The number of pyridine rings is 1. The molecule has 5 aromatic rings. The molecule has 0 atom stereocenters. The van der Waals surface area contributed by atoms with Gasteiger partial charge in [0.05, 0.1) is 0 Å². The molecular weight excluding hydrogens is 452 g/mol. The Morgan fingerprint density at radius 1 is 0.469 bits per heavy atom. The summed E-state index contributed by atoms with van der Waals surface area (Å²) in [7, 11) is 0.777. The van der Waals surface area contributed by atoms with Crippen LogP contribution in [0.3, 0.4) is 0 Å². The first kappa shape index (κ1) is 23.6. The molecule has 1 aromatic heterocycles. The summed E-state index contributed by atoms with van der Waals surface area (Å²) in [4.78, 5) is 4.65. The summed E-state index contributed by atoms with van der Waals surface area (Å²) in [6.07, 6.45) is 0. The van der Waals surface area contributed by atoms with Crippen molar-refractivity contribution in [1.29, 1.82) is 0 Å². The van der Waals surface area contributed by atoms with Gasteiger partial charge in [-0.2, -0.15) is 0 Å². The van der Waals surface area contributed by atoms with Crippen LogP contribution in [0.5, 0.6) is 0 Å². The van der Waals surface area contributed by atoms with Crippen LogP contribution in [0.25, 0.3) is 22.5 Å². The first-order chi connectivity index (χ1) is 15.4. The van der Waals surface area contributed by atoms with Crippen LogP contribution < -0.4 is 10.6 Å². The van der Waals surface area contributed by atoms with Gasteiger partial charge in [-0.05, 0) is 22.0 Å². The average Bonchev–Trinajstić information content (AvgIpc) is 2.87. The SMILES string of the molecule is [Ni+2].[c-]1ccccc1-c1cccc(-c2[c-]cccc2)n1.c1ccc(Pc2ccccc2)cc1. The monoisotopic (exact) mass is 473 g/mol. The second-order valence-corrected chi connectivity index (χ2v) is 8.22. The van der Waals surface area contributed by atoms with Gasteiger partial charge in [-0.3, -0.25) is 0 Å². The number of benzene rings is 4. The fourth-order valence-electron chi connectivity index (χ4n) is 3.05. The third-order valence-corrected chi connectivity index (χ3v) is 5.80. The Morgan fingerprint density at radius 2 is 0.906 bits per heavy atom. The molecule has 1 nitrogen and oxygen atoms in total. The van der Waals surface area contributed by atoms with Gasteiger partial charge in [-0.15, -0.1) is 71.8 Å². The van der Waals surface area contributed by atoms with Crippen molar-refractivity contribution < 1.29 is 16.5 Å². The van der Waals surface area contributed by atoms with Crippen LogP contribution in [0, 0.1) is 12.1 Å². The molecular formula is C29H22NNiP. The van der Waals surface area contributed by atoms with E-state index in [1.807, 2.05) is 66.7 Å². The molecule has 0 aliphatic heterocycles. The molecule has 0 fully saturated rings. The Kier molecular flexibility index (Phi) is 9.39. The van der Waals surface area contributed by atoms with Crippen molar-refractivity contribution >= 4 is 19.2 Å². The summed E-state index contributed by atoms with van der Waals surface area (Å²) in [5, 5.41) is 2.79. The average molecular weight is 474 g/mol. The normalized spacial score (nSPS) is 9.75. The summed E-state index contributed by atoms with van der Waals surface area (Å²) in [5.41, 5.74) is 3.89. The minimum atomic E-state index is 0. The van der Waals surface area contributed by atoms with Gasteiger partial charge in [0.15, 0.2) is 0 Å². The number of hydrogen-bond donors (Lipinski definition) is 0. The smallest absolute Gasteiger partial charge is 0.345 e. The van der Waals surface area contributed by atoms with Crippen LogP contribution in [0.4, 0.5) is 0 Å². The first-order valence-electron chi connectivity index (χ1n) is 10.2. The molecule has 0 unspecified atom stereocenters. The Balaban J connectivity index is 0.000000184. The maximum absolute atomic E-state index is 4.65. The third kappa shape index (κ3) is 6.99. The Hall–Kier alpha value is -3.05. The van der Waals surface area contributed by atoms with Crippen LogP contribution in [0.2, 0.25) is 0 Å². The number of aromatic nitrogens is 1. The van der Waals surface area contributed by atoms with Gasteiger partial charge < -0.3 is 4.98 Å². The van der Waals surface area contributed by atoms with Gasteiger partial charge in [-0.25, -0.2) is 0 Å². The molecule has 3 heteroatoms. The van der Waals surface area contributed by atoms with Gasteiger partial charge >= 0.3 is 16.5 Å². The maximum Gasteiger partial charge on any atom is 2.00 e. The predicted octanol–water partition coefficient (Wildman–Crippen LogP) is 6.33. The van der Waals surface area contributed by atoms with Crippen molar-refractivity contribution in [2.24, 2.45) is 0 Å². The minimum absolute atomic E-state index is 0. The van der Waals surface area contributed by atoms with Crippen molar-refractivity contribution in [3.05, 3.63) is 140 Å². The van der Waals surface area contributed by atoms with E-state index in [9.17, 15) is 0 Å². The molecule has 0 saturated heterocycles. The van der Waals surface area contributed by atoms with Crippen LogP contribution in [-0.4, -0.2) is 4.98 Å². The van der Waals surface area contributed by atoms with E-state index in [0.29, 0.717) is 0 Å². The number of nitrogens with zero attached hydrogens (tertiary/aromatic N) is 1. The molecule has 4 aromatic carbocycles. The molecule has 0 saturated carbocycles. The van der Waals surface area contributed by atoms with Crippen LogP contribution in [0.15, 0.2) is 127 Å². The first-order valence-corrected chi connectivity index (χ1v) is 11.2. The zero-order valence-corrected chi connectivity index (χ0v) is 19.4. The van der Waals surface area contributed by atoms with E-state index in [2.05, 4.69) is 77.8 Å². The molecule has 0 aliphatic rings. The van der Waals surface area contributed by atoms with E-state index >= 15 is 0 Å². The zero-order chi connectivity index (χ0) is 21.1.